The fraction of sp³-hybridized carbons (Fsp3) is 0.600. The second-order valence-corrected chi connectivity index (χ2v) is 7.57. The second kappa shape index (κ2) is 8.37. The van der Waals surface area contributed by atoms with E-state index in [0.29, 0.717) is 12.0 Å². The first-order chi connectivity index (χ1) is 11.8. The predicted octanol–water partition coefficient (Wildman–Crippen LogP) is 4.69. The van der Waals surface area contributed by atoms with E-state index < -0.39 is 0 Å². The smallest absolute Gasteiger partial charge is 0.322 e. The minimum atomic E-state index is -0.0900. The lowest BCUT2D eigenvalue weighted by Gasteiger charge is -2.36. The number of carbonyl (C=O) groups excluding carboxylic acids is 2. The summed E-state index contributed by atoms with van der Waals surface area (Å²) < 4.78 is 0. The van der Waals surface area contributed by atoms with Crippen LogP contribution in [0.4, 0.5) is 16.2 Å². The van der Waals surface area contributed by atoms with Crippen molar-refractivity contribution in [2.24, 2.45) is 5.92 Å². The Balaban J connectivity index is 2.12. The molecule has 1 aromatic carbocycles. The number of piperidine rings is 1. The number of amides is 3. The van der Waals surface area contributed by atoms with Crippen LogP contribution in [0, 0.1) is 19.8 Å². The van der Waals surface area contributed by atoms with E-state index in [9.17, 15) is 9.59 Å². The average Bonchev–Trinajstić information content (AvgIpc) is 2.50. The van der Waals surface area contributed by atoms with Crippen molar-refractivity contribution in [3.05, 3.63) is 23.3 Å². The topological polar surface area (TPSA) is 61.4 Å². The van der Waals surface area contributed by atoms with Gasteiger partial charge >= 0.3 is 6.03 Å². The highest BCUT2D eigenvalue weighted by Crippen LogP contribution is 2.27. The van der Waals surface area contributed by atoms with Crippen LogP contribution in [-0.2, 0) is 4.79 Å². The zero-order chi connectivity index (χ0) is 18.6. The quantitative estimate of drug-likeness (QED) is 0.831. The Morgan fingerprint density at radius 2 is 1.80 bits per heavy atom. The van der Waals surface area contributed by atoms with E-state index in [1.165, 1.54) is 13.3 Å². The number of hydrogen-bond acceptors (Lipinski definition) is 2. The van der Waals surface area contributed by atoms with Gasteiger partial charge in [-0.2, -0.15) is 0 Å². The molecule has 1 heterocycles. The summed E-state index contributed by atoms with van der Waals surface area (Å²) in [5, 5.41) is 5.90. The third-order valence-electron chi connectivity index (χ3n) is 4.72. The molecule has 0 saturated carbocycles. The lowest BCUT2D eigenvalue weighted by atomic mass is 9.94. The van der Waals surface area contributed by atoms with Crippen LogP contribution in [0.15, 0.2) is 12.1 Å². The summed E-state index contributed by atoms with van der Waals surface area (Å²) >= 11 is 0. The molecule has 2 rings (SSSR count). The Kier molecular flexibility index (Phi) is 6.45. The number of hydrogen-bond donors (Lipinski definition) is 2. The third kappa shape index (κ3) is 5.21. The molecule has 0 aromatic heterocycles. The largest absolute Gasteiger partial charge is 0.326 e. The van der Waals surface area contributed by atoms with Crippen molar-refractivity contribution >= 4 is 23.3 Å². The van der Waals surface area contributed by atoms with Gasteiger partial charge in [0.15, 0.2) is 0 Å². The van der Waals surface area contributed by atoms with Crippen molar-refractivity contribution in [3.8, 4) is 0 Å². The highest BCUT2D eigenvalue weighted by molar-refractivity contribution is 5.93. The monoisotopic (exact) mass is 345 g/mol. The van der Waals surface area contributed by atoms with E-state index in [0.717, 1.165) is 48.3 Å². The minimum absolute atomic E-state index is 0.0172. The lowest BCUT2D eigenvalue weighted by molar-refractivity contribution is -0.114. The number of anilines is 2. The fourth-order valence-corrected chi connectivity index (χ4v) is 3.66. The molecular formula is C20H31N3O2. The van der Waals surface area contributed by atoms with Crippen molar-refractivity contribution in [2.45, 2.75) is 66.3 Å². The Bertz CT molecular complexity index is 617. The van der Waals surface area contributed by atoms with Crippen molar-refractivity contribution in [1.29, 1.82) is 0 Å². The first-order valence-electron chi connectivity index (χ1n) is 9.24. The zero-order valence-corrected chi connectivity index (χ0v) is 16.1. The molecule has 1 aromatic rings. The number of likely N-dealkylation sites (tertiary alicyclic amines) is 1. The molecule has 0 bridgehead atoms. The highest BCUT2D eigenvalue weighted by Gasteiger charge is 2.27. The van der Waals surface area contributed by atoms with Crippen LogP contribution in [0.1, 0.15) is 57.6 Å². The molecule has 0 spiro atoms. The van der Waals surface area contributed by atoms with E-state index in [4.69, 9.17) is 0 Å². The number of rotatable bonds is 4. The van der Waals surface area contributed by atoms with Gasteiger partial charge in [0.2, 0.25) is 5.91 Å². The summed E-state index contributed by atoms with van der Waals surface area (Å²) in [5.41, 5.74) is 3.50. The average molecular weight is 345 g/mol. The van der Waals surface area contributed by atoms with Gasteiger partial charge in [0, 0.05) is 30.9 Å². The maximum Gasteiger partial charge on any atom is 0.322 e. The van der Waals surface area contributed by atoms with Crippen LogP contribution in [-0.4, -0.2) is 29.4 Å². The van der Waals surface area contributed by atoms with Crippen LogP contribution in [0.3, 0.4) is 0 Å². The molecular weight excluding hydrogens is 314 g/mol. The Hall–Kier alpha value is -2.04. The Morgan fingerprint density at radius 3 is 2.36 bits per heavy atom. The first kappa shape index (κ1) is 19.3. The van der Waals surface area contributed by atoms with Gasteiger partial charge in [-0.25, -0.2) is 4.79 Å². The maximum absolute atomic E-state index is 12.8. The molecule has 0 aliphatic carbocycles. The first-order valence-corrected chi connectivity index (χ1v) is 9.24. The third-order valence-corrected chi connectivity index (χ3v) is 4.72. The maximum atomic E-state index is 12.8. The number of aryl methyl sites for hydroxylation is 2. The Labute approximate surface area is 151 Å². The molecule has 138 valence electrons. The molecule has 0 unspecified atom stereocenters. The van der Waals surface area contributed by atoms with Crippen molar-refractivity contribution < 1.29 is 9.59 Å². The molecule has 1 aliphatic heterocycles. The normalized spacial score (nSPS) is 17.5. The molecule has 1 aliphatic rings. The van der Waals surface area contributed by atoms with Gasteiger partial charge in [0.1, 0.15) is 0 Å². The Morgan fingerprint density at radius 1 is 1.16 bits per heavy atom. The number of nitrogens with one attached hydrogen (secondary N) is 2. The van der Waals surface area contributed by atoms with E-state index >= 15 is 0 Å². The molecule has 1 fully saturated rings. The highest BCUT2D eigenvalue weighted by atomic mass is 16.2. The van der Waals surface area contributed by atoms with Crippen molar-refractivity contribution in [1.82, 2.24) is 4.90 Å². The summed E-state index contributed by atoms with van der Waals surface area (Å²) in [6.45, 7) is 10.6. The molecule has 2 N–H and O–H groups in total. The predicted molar refractivity (Wildman–Crippen MR) is 103 cm³/mol. The lowest BCUT2D eigenvalue weighted by Crippen LogP contribution is -2.46. The van der Waals surface area contributed by atoms with Crippen molar-refractivity contribution in [3.63, 3.8) is 0 Å². The minimum Gasteiger partial charge on any atom is -0.326 e. The van der Waals surface area contributed by atoms with Crippen molar-refractivity contribution in [2.75, 3.05) is 17.2 Å². The molecule has 0 radical (unpaired) electrons. The van der Waals surface area contributed by atoms with Gasteiger partial charge < -0.3 is 15.5 Å². The van der Waals surface area contributed by atoms with E-state index in [-0.39, 0.29) is 11.9 Å². The van der Waals surface area contributed by atoms with Crippen LogP contribution in [0.25, 0.3) is 0 Å². The van der Waals surface area contributed by atoms with Crippen LogP contribution in [0.2, 0.25) is 0 Å². The summed E-state index contributed by atoms with van der Waals surface area (Å²) in [6, 6.07) is 4.14. The van der Waals surface area contributed by atoms with Crippen LogP contribution >= 0.6 is 0 Å². The van der Waals surface area contributed by atoms with Gasteiger partial charge in [-0.05, 0) is 68.7 Å². The molecule has 1 saturated heterocycles. The summed E-state index contributed by atoms with van der Waals surface area (Å²) in [4.78, 5) is 26.1. The number of carbonyl (C=O) groups is 2. The molecule has 1 atom stereocenters. The van der Waals surface area contributed by atoms with Gasteiger partial charge in [-0.3, -0.25) is 4.79 Å². The molecule has 5 heteroatoms. The van der Waals surface area contributed by atoms with Crippen LogP contribution in [0.5, 0.6) is 0 Å². The second-order valence-electron chi connectivity index (χ2n) is 7.57. The molecule has 5 nitrogen and oxygen atoms in total. The van der Waals surface area contributed by atoms with Gasteiger partial charge in [-0.1, -0.05) is 13.8 Å². The van der Waals surface area contributed by atoms with E-state index in [1.54, 1.807) is 0 Å². The zero-order valence-electron chi connectivity index (χ0n) is 16.1. The van der Waals surface area contributed by atoms with E-state index in [2.05, 4.69) is 24.5 Å². The van der Waals surface area contributed by atoms with Gasteiger partial charge in [0.25, 0.3) is 0 Å². The summed E-state index contributed by atoms with van der Waals surface area (Å²) in [7, 11) is 0. The standard InChI is InChI=1S/C20H31N3O2/c1-13(2)10-18-8-6-7-9-23(18)20(25)22-17-11-14(3)19(15(4)12-17)21-16(5)24/h11-13,18H,6-10H2,1-5H3,(H,21,24)(H,22,25)/t18-/m0/s1. The summed E-state index contributed by atoms with van der Waals surface area (Å²) in [5.74, 6) is 0.493. The number of nitrogens with zero attached hydrogens (tertiary/aromatic N) is 1. The summed E-state index contributed by atoms with van der Waals surface area (Å²) in [6.07, 6.45) is 4.41. The SMILES string of the molecule is CC(=O)Nc1c(C)cc(NC(=O)N2CCCC[C@H]2CC(C)C)cc1C. The number of benzene rings is 1. The van der Waals surface area contributed by atoms with Gasteiger partial charge in [0.05, 0.1) is 0 Å². The molecule has 25 heavy (non-hydrogen) atoms. The molecule has 3 amide bonds. The van der Waals surface area contributed by atoms with Gasteiger partial charge in [-0.15, -0.1) is 0 Å². The number of urea groups is 1. The van der Waals surface area contributed by atoms with Crippen LogP contribution < -0.4 is 10.6 Å². The fourth-order valence-electron chi connectivity index (χ4n) is 3.66. The van der Waals surface area contributed by atoms with E-state index in [1.807, 2.05) is 30.9 Å².